The Kier molecular flexibility index (Phi) is 2.89. The van der Waals surface area contributed by atoms with Gasteiger partial charge in [0.25, 0.3) is 0 Å². The molecule has 1 aromatic heterocycles. The van der Waals surface area contributed by atoms with Crippen molar-refractivity contribution in [2.24, 2.45) is 0 Å². The number of amides is 1. The zero-order chi connectivity index (χ0) is 28.1. The van der Waals surface area contributed by atoms with Crippen molar-refractivity contribution in [3.63, 3.8) is 0 Å². The summed E-state index contributed by atoms with van der Waals surface area (Å²) in [7, 11) is -1.00. The van der Waals surface area contributed by atoms with Crippen LogP contribution in [-0.4, -0.2) is 57.7 Å². The van der Waals surface area contributed by atoms with Crippen molar-refractivity contribution in [2.75, 3.05) is 13.0 Å². The number of carbonyl (C=O) groups is 1. The molecule has 7 nitrogen and oxygen atoms in total. The average molecular weight is 386 g/mol. The zero-order valence-electron chi connectivity index (χ0n) is 25.7. The molecule has 3 rings (SSSR count). The van der Waals surface area contributed by atoms with Crippen molar-refractivity contribution in [3.05, 3.63) is 12.4 Å². The van der Waals surface area contributed by atoms with Gasteiger partial charge in [-0.25, -0.2) is 4.79 Å². The summed E-state index contributed by atoms with van der Waals surface area (Å²) in [6.45, 7) is 4.46. The zero-order valence-corrected chi connectivity index (χ0v) is 16.7. The van der Waals surface area contributed by atoms with Crippen LogP contribution >= 0.6 is 0 Å². The monoisotopic (exact) mass is 386 g/mol. The van der Waals surface area contributed by atoms with E-state index in [4.69, 9.17) is 26.4 Å². The molecule has 3 heterocycles. The van der Waals surface area contributed by atoms with Crippen LogP contribution in [0, 0.1) is 0 Å². The van der Waals surface area contributed by atoms with E-state index in [0.29, 0.717) is 4.68 Å². The summed E-state index contributed by atoms with van der Waals surface area (Å²) in [4.78, 5) is 12.6. The highest BCUT2D eigenvalue weighted by molar-refractivity contribution is 6.62. The maximum absolute atomic E-state index is 12.8. The van der Waals surface area contributed by atoms with Gasteiger partial charge in [-0.1, -0.05) is 0 Å². The van der Waals surface area contributed by atoms with E-state index in [1.165, 1.54) is 20.8 Å². The Morgan fingerprint density at radius 2 is 1.85 bits per heavy atom. The number of aromatic nitrogens is 2. The molecule has 0 N–H and O–H groups in total. The SMILES string of the molecule is [2H]C1([2H])N(C(=O)OC(C)(C)C)C([2H])([2H])C([2H])([2H])C([2H])(n2cc(B3OC(C)(C)C(C)(C)O3)cn2)C1([2H])[2H]. The lowest BCUT2D eigenvalue weighted by Gasteiger charge is -2.33. The molecular formula is C19H32BN3O4. The van der Waals surface area contributed by atoms with Crippen molar-refractivity contribution >= 4 is 18.7 Å². The predicted octanol–water partition coefficient (Wildman–Crippen LogP) is 2.75. The molecule has 0 unspecified atom stereocenters. The quantitative estimate of drug-likeness (QED) is 0.732. The highest BCUT2D eigenvalue weighted by atomic mass is 16.7. The van der Waals surface area contributed by atoms with Crippen LogP contribution in [0.2, 0.25) is 0 Å². The van der Waals surface area contributed by atoms with Crippen LogP contribution in [0.4, 0.5) is 4.79 Å². The minimum absolute atomic E-state index is 0.197. The number of nitrogens with zero attached hydrogens (tertiary/aromatic N) is 3. The molecule has 1 aromatic rings. The van der Waals surface area contributed by atoms with Gasteiger partial charge < -0.3 is 18.9 Å². The van der Waals surface area contributed by atoms with E-state index < -0.39 is 61.8 Å². The average Bonchev–Trinajstić information content (AvgIpc) is 3.20. The standard InChI is InChI=1S/C19H32BN3O4/c1-17(2,3)25-16(24)22-10-8-15(9-11-22)23-13-14(12-21-23)20-26-18(4,5)19(6,7)27-20/h12-13,15H,8-11H2,1-7H3/i8D2,9D2,10D2,11D2,15D. The van der Waals surface area contributed by atoms with Gasteiger partial charge in [-0.3, -0.25) is 4.68 Å². The van der Waals surface area contributed by atoms with Crippen LogP contribution in [0.15, 0.2) is 12.4 Å². The van der Waals surface area contributed by atoms with Crippen LogP contribution in [0.3, 0.4) is 0 Å². The van der Waals surface area contributed by atoms with Crippen LogP contribution in [0.1, 0.15) is 79.6 Å². The third kappa shape index (κ3) is 4.32. The molecule has 0 radical (unpaired) electrons. The van der Waals surface area contributed by atoms with E-state index in [1.54, 1.807) is 27.7 Å². The van der Waals surface area contributed by atoms with E-state index in [9.17, 15) is 4.79 Å². The normalized spacial score (nSPS) is 36.5. The number of likely N-dealkylation sites (tertiary alicyclic amines) is 1. The Labute approximate surface area is 175 Å². The topological polar surface area (TPSA) is 65.8 Å². The molecule has 150 valence electrons. The van der Waals surface area contributed by atoms with Gasteiger partial charge in [0.2, 0.25) is 0 Å². The lowest BCUT2D eigenvalue weighted by molar-refractivity contribution is 0.00578. The van der Waals surface area contributed by atoms with Gasteiger partial charge >= 0.3 is 13.2 Å². The number of hydrogen-bond acceptors (Lipinski definition) is 5. The maximum Gasteiger partial charge on any atom is 0.498 e. The molecule has 0 aliphatic carbocycles. The number of piperidine rings is 1. The Morgan fingerprint density at radius 3 is 2.37 bits per heavy atom. The van der Waals surface area contributed by atoms with Crippen molar-refractivity contribution in [1.29, 1.82) is 0 Å². The minimum atomic E-state index is -3.54. The van der Waals surface area contributed by atoms with Gasteiger partial charge in [0, 0.05) is 41.8 Å². The van der Waals surface area contributed by atoms with Gasteiger partial charge in [0.15, 0.2) is 0 Å². The number of rotatable bonds is 2. The highest BCUT2D eigenvalue weighted by Crippen LogP contribution is 2.36. The van der Waals surface area contributed by atoms with E-state index in [1.807, 2.05) is 0 Å². The lowest BCUT2D eigenvalue weighted by atomic mass is 9.82. The molecule has 0 aromatic carbocycles. The molecule has 2 fully saturated rings. The molecule has 27 heavy (non-hydrogen) atoms. The second kappa shape index (κ2) is 6.81. The molecule has 0 bridgehead atoms. The molecule has 2 aliphatic heterocycles. The molecule has 2 aliphatic rings. The van der Waals surface area contributed by atoms with Gasteiger partial charge in [0.1, 0.15) is 5.60 Å². The van der Waals surface area contributed by atoms with Crippen molar-refractivity contribution < 1.29 is 31.2 Å². The largest absolute Gasteiger partial charge is 0.498 e. The first-order chi connectivity index (χ1) is 15.8. The summed E-state index contributed by atoms with van der Waals surface area (Å²) in [5.41, 5.74) is -2.49. The third-order valence-corrected chi connectivity index (χ3v) is 4.51. The number of hydrogen-bond donors (Lipinski definition) is 0. The summed E-state index contributed by atoms with van der Waals surface area (Å²) in [6.07, 6.45) is -6.45. The highest BCUT2D eigenvalue weighted by Gasteiger charge is 2.52. The smallest absolute Gasteiger partial charge is 0.444 e. The molecular weight excluding hydrogens is 345 g/mol. The fraction of sp³-hybridized carbons (Fsp3) is 0.789. The summed E-state index contributed by atoms with van der Waals surface area (Å²) in [6, 6.07) is -3.33. The molecule has 0 atom stereocenters. The van der Waals surface area contributed by atoms with Crippen molar-refractivity contribution in [3.8, 4) is 0 Å². The maximum atomic E-state index is 12.8. The Balaban J connectivity index is 2.14. The molecule has 0 spiro atoms. The Bertz CT molecular complexity index is 1010. The van der Waals surface area contributed by atoms with E-state index in [0.717, 1.165) is 12.4 Å². The van der Waals surface area contributed by atoms with Gasteiger partial charge in [0.05, 0.1) is 18.6 Å². The predicted molar refractivity (Wildman–Crippen MR) is 104 cm³/mol. The Morgan fingerprint density at radius 1 is 1.30 bits per heavy atom. The summed E-state index contributed by atoms with van der Waals surface area (Å²) >= 11 is 0. The third-order valence-electron chi connectivity index (χ3n) is 4.51. The fourth-order valence-corrected chi connectivity index (χ4v) is 2.35. The second-order valence-electron chi connectivity index (χ2n) is 8.44. The van der Waals surface area contributed by atoms with E-state index >= 15 is 0 Å². The van der Waals surface area contributed by atoms with Crippen LogP contribution in [-0.2, 0) is 14.0 Å². The van der Waals surface area contributed by atoms with Crippen LogP contribution in [0.5, 0.6) is 0 Å². The lowest BCUT2D eigenvalue weighted by Crippen LogP contribution is -2.42. The van der Waals surface area contributed by atoms with E-state index in [-0.39, 0.29) is 10.4 Å². The minimum Gasteiger partial charge on any atom is -0.444 e. The van der Waals surface area contributed by atoms with E-state index in [2.05, 4.69) is 5.10 Å². The number of ether oxygens (including phenoxy) is 1. The van der Waals surface area contributed by atoms with Crippen molar-refractivity contribution in [1.82, 2.24) is 14.7 Å². The first-order valence-electron chi connectivity index (χ1n) is 13.2. The Hall–Kier alpha value is -1.54. The fourth-order valence-electron chi connectivity index (χ4n) is 2.35. The van der Waals surface area contributed by atoms with Crippen LogP contribution < -0.4 is 5.46 Å². The summed E-state index contributed by atoms with van der Waals surface area (Å²) < 4.78 is 94.4. The first kappa shape index (κ1) is 11.5. The molecule has 0 saturated carbocycles. The van der Waals surface area contributed by atoms with Gasteiger partial charge in [-0.05, 0) is 61.2 Å². The molecule has 2 saturated heterocycles. The second-order valence-corrected chi connectivity index (χ2v) is 8.44. The summed E-state index contributed by atoms with van der Waals surface area (Å²) in [5.74, 6) is 0. The molecule has 8 heteroatoms. The first-order valence-corrected chi connectivity index (χ1v) is 8.72. The number of carbonyl (C=O) groups excluding carboxylic acids is 1. The van der Waals surface area contributed by atoms with Gasteiger partial charge in [-0.2, -0.15) is 5.10 Å². The van der Waals surface area contributed by atoms with Crippen molar-refractivity contribution in [2.45, 2.75) is 84.0 Å². The van der Waals surface area contributed by atoms with Crippen LogP contribution in [0.25, 0.3) is 0 Å². The molecule has 1 amide bonds. The summed E-state index contributed by atoms with van der Waals surface area (Å²) in [5, 5.41) is 3.92. The van der Waals surface area contributed by atoms with Gasteiger partial charge in [-0.15, -0.1) is 0 Å².